The molecule has 0 bridgehead atoms. The van der Waals surface area contributed by atoms with Crippen molar-refractivity contribution < 1.29 is 4.79 Å². The molecule has 0 atom stereocenters. The van der Waals surface area contributed by atoms with Gasteiger partial charge in [0.1, 0.15) is 0 Å². The first kappa shape index (κ1) is 14.9. The zero-order valence-corrected chi connectivity index (χ0v) is 13.8. The highest BCUT2D eigenvalue weighted by molar-refractivity contribution is 5.94. The van der Waals surface area contributed by atoms with Gasteiger partial charge >= 0.3 is 0 Å². The fourth-order valence-electron chi connectivity index (χ4n) is 3.64. The quantitative estimate of drug-likeness (QED) is 0.779. The molecule has 4 rings (SSSR count). The summed E-state index contributed by atoms with van der Waals surface area (Å²) in [5.74, 6) is 0.615. The first-order valence-electron chi connectivity index (χ1n) is 8.50. The Morgan fingerprint density at radius 3 is 2.83 bits per heavy atom. The van der Waals surface area contributed by atoms with E-state index in [1.54, 1.807) is 0 Å². The molecule has 2 aromatic heterocycles. The third-order valence-electron chi connectivity index (χ3n) is 4.95. The van der Waals surface area contributed by atoms with Crippen molar-refractivity contribution in [3.05, 3.63) is 65.5 Å². The van der Waals surface area contributed by atoms with E-state index in [-0.39, 0.29) is 5.91 Å². The molecule has 1 N–H and O–H groups in total. The molecule has 0 unspecified atom stereocenters. The standard InChI is InChI=1S/C20H21N3O/c1-14-4-2-5-16(12-14)20(24)23-10-7-15(8-11-23)17-13-22-18-6-3-9-21-19(17)18/h2-6,9,12-13,15,22H,7-8,10-11H2,1H3. The molecule has 3 heterocycles. The highest BCUT2D eigenvalue weighted by atomic mass is 16.2. The Labute approximate surface area is 141 Å². The van der Waals surface area contributed by atoms with Crippen LogP contribution in [0, 0.1) is 6.92 Å². The molecular formula is C20H21N3O. The minimum atomic E-state index is 0.147. The summed E-state index contributed by atoms with van der Waals surface area (Å²) in [7, 11) is 0. The van der Waals surface area contributed by atoms with E-state index in [1.165, 1.54) is 5.56 Å². The lowest BCUT2D eigenvalue weighted by Crippen LogP contribution is -2.37. The molecule has 4 nitrogen and oxygen atoms in total. The van der Waals surface area contributed by atoms with E-state index in [4.69, 9.17) is 0 Å². The number of piperidine rings is 1. The van der Waals surface area contributed by atoms with Gasteiger partial charge in [0, 0.05) is 31.0 Å². The average molecular weight is 319 g/mol. The largest absolute Gasteiger partial charge is 0.360 e. The van der Waals surface area contributed by atoms with Gasteiger partial charge in [0.05, 0.1) is 11.0 Å². The van der Waals surface area contributed by atoms with Crippen LogP contribution in [-0.4, -0.2) is 33.9 Å². The Hall–Kier alpha value is -2.62. The molecule has 122 valence electrons. The van der Waals surface area contributed by atoms with E-state index >= 15 is 0 Å². The maximum absolute atomic E-state index is 12.7. The number of aromatic amines is 1. The molecule has 1 aromatic carbocycles. The first-order chi connectivity index (χ1) is 11.7. The molecule has 0 aliphatic carbocycles. The van der Waals surface area contributed by atoms with Crippen LogP contribution in [0.4, 0.5) is 0 Å². The number of fused-ring (bicyclic) bond motifs is 1. The normalized spacial score (nSPS) is 15.8. The van der Waals surface area contributed by atoms with Gasteiger partial charge in [-0.3, -0.25) is 9.78 Å². The predicted octanol–water partition coefficient (Wildman–Crippen LogP) is 3.89. The average Bonchev–Trinajstić information content (AvgIpc) is 3.05. The fraction of sp³-hybridized carbons (Fsp3) is 0.300. The van der Waals surface area contributed by atoms with Crippen molar-refractivity contribution in [3.63, 3.8) is 0 Å². The number of aryl methyl sites for hydroxylation is 1. The lowest BCUT2D eigenvalue weighted by molar-refractivity contribution is 0.0713. The topological polar surface area (TPSA) is 49.0 Å². The van der Waals surface area contributed by atoms with Crippen LogP contribution in [0.25, 0.3) is 11.0 Å². The van der Waals surface area contributed by atoms with E-state index < -0.39 is 0 Å². The second-order valence-corrected chi connectivity index (χ2v) is 6.58. The zero-order chi connectivity index (χ0) is 16.5. The molecular weight excluding hydrogens is 298 g/mol. The smallest absolute Gasteiger partial charge is 0.253 e. The fourth-order valence-corrected chi connectivity index (χ4v) is 3.64. The number of carbonyl (C=O) groups is 1. The number of benzene rings is 1. The zero-order valence-electron chi connectivity index (χ0n) is 13.8. The molecule has 24 heavy (non-hydrogen) atoms. The second kappa shape index (κ2) is 6.11. The molecule has 0 radical (unpaired) electrons. The molecule has 3 aromatic rings. The SMILES string of the molecule is Cc1cccc(C(=O)N2CCC(c3c[nH]c4cccnc34)CC2)c1. The summed E-state index contributed by atoms with van der Waals surface area (Å²) < 4.78 is 0. The van der Waals surface area contributed by atoms with Gasteiger partial charge in [0.15, 0.2) is 0 Å². The van der Waals surface area contributed by atoms with Crippen molar-refractivity contribution in [2.75, 3.05) is 13.1 Å². The molecule has 1 saturated heterocycles. The number of carbonyl (C=O) groups excluding carboxylic acids is 1. The van der Waals surface area contributed by atoms with Crippen molar-refractivity contribution in [1.29, 1.82) is 0 Å². The Morgan fingerprint density at radius 2 is 2.04 bits per heavy atom. The molecule has 0 saturated carbocycles. The Balaban J connectivity index is 1.48. The summed E-state index contributed by atoms with van der Waals surface area (Å²) in [4.78, 5) is 22.5. The third kappa shape index (κ3) is 2.68. The highest BCUT2D eigenvalue weighted by Crippen LogP contribution is 2.32. The van der Waals surface area contributed by atoms with E-state index in [0.29, 0.717) is 5.92 Å². The first-order valence-corrected chi connectivity index (χ1v) is 8.50. The van der Waals surface area contributed by atoms with Crippen LogP contribution < -0.4 is 0 Å². The van der Waals surface area contributed by atoms with Gasteiger partial charge in [-0.2, -0.15) is 0 Å². The van der Waals surface area contributed by atoms with E-state index in [1.807, 2.05) is 48.4 Å². The number of H-pyrrole nitrogens is 1. The van der Waals surface area contributed by atoms with Gasteiger partial charge in [-0.1, -0.05) is 17.7 Å². The molecule has 0 spiro atoms. The van der Waals surface area contributed by atoms with Gasteiger partial charge in [-0.15, -0.1) is 0 Å². The van der Waals surface area contributed by atoms with Crippen molar-refractivity contribution in [2.45, 2.75) is 25.7 Å². The number of rotatable bonds is 2. The maximum Gasteiger partial charge on any atom is 0.253 e. The van der Waals surface area contributed by atoms with Crippen LogP contribution in [0.15, 0.2) is 48.8 Å². The predicted molar refractivity (Wildman–Crippen MR) is 95.2 cm³/mol. The van der Waals surface area contributed by atoms with Gasteiger partial charge < -0.3 is 9.88 Å². The number of hydrogen-bond donors (Lipinski definition) is 1. The Bertz CT molecular complexity index is 875. The van der Waals surface area contributed by atoms with Crippen molar-refractivity contribution >= 4 is 16.9 Å². The van der Waals surface area contributed by atoms with E-state index in [2.05, 4.69) is 22.2 Å². The number of nitrogens with one attached hydrogen (secondary N) is 1. The summed E-state index contributed by atoms with van der Waals surface area (Å²) in [5, 5.41) is 0. The van der Waals surface area contributed by atoms with Crippen molar-refractivity contribution in [2.24, 2.45) is 0 Å². The maximum atomic E-state index is 12.7. The summed E-state index contributed by atoms with van der Waals surface area (Å²) in [6, 6.07) is 11.9. The monoisotopic (exact) mass is 319 g/mol. The molecule has 1 aliphatic rings. The van der Waals surface area contributed by atoms with Gasteiger partial charge in [-0.05, 0) is 55.5 Å². The Kier molecular flexibility index (Phi) is 3.81. The third-order valence-corrected chi connectivity index (χ3v) is 4.95. The summed E-state index contributed by atoms with van der Waals surface area (Å²) >= 11 is 0. The molecule has 4 heteroatoms. The van der Waals surface area contributed by atoms with Crippen LogP contribution in [-0.2, 0) is 0 Å². The minimum Gasteiger partial charge on any atom is -0.360 e. The van der Waals surface area contributed by atoms with Crippen LogP contribution in [0.3, 0.4) is 0 Å². The Morgan fingerprint density at radius 1 is 1.21 bits per heavy atom. The number of amides is 1. The van der Waals surface area contributed by atoms with Crippen LogP contribution in [0.2, 0.25) is 0 Å². The van der Waals surface area contributed by atoms with Gasteiger partial charge in [-0.25, -0.2) is 0 Å². The number of pyridine rings is 1. The lowest BCUT2D eigenvalue weighted by Gasteiger charge is -2.32. The summed E-state index contributed by atoms with van der Waals surface area (Å²) in [6.45, 7) is 3.63. The summed E-state index contributed by atoms with van der Waals surface area (Å²) in [6.07, 6.45) is 5.90. The van der Waals surface area contributed by atoms with Crippen LogP contribution in [0.1, 0.15) is 40.2 Å². The second-order valence-electron chi connectivity index (χ2n) is 6.58. The van der Waals surface area contributed by atoms with Crippen LogP contribution >= 0.6 is 0 Å². The van der Waals surface area contributed by atoms with Crippen LogP contribution in [0.5, 0.6) is 0 Å². The molecule has 1 amide bonds. The molecule has 1 aliphatic heterocycles. The minimum absolute atomic E-state index is 0.147. The van der Waals surface area contributed by atoms with Gasteiger partial charge in [0.2, 0.25) is 0 Å². The van der Waals surface area contributed by atoms with Crippen molar-refractivity contribution in [3.8, 4) is 0 Å². The number of aromatic nitrogens is 2. The number of nitrogens with zero attached hydrogens (tertiary/aromatic N) is 2. The van der Waals surface area contributed by atoms with E-state index in [0.717, 1.165) is 48.1 Å². The van der Waals surface area contributed by atoms with Gasteiger partial charge in [0.25, 0.3) is 5.91 Å². The summed E-state index contributed by atoms with van der Waals surface area (Å²) in [5.41, 5.74) is 5.36. The number of likely N-dealkylation sites (tertiary alicyclic amines) is 1. The molecule has 1 fully saturated rings. The lowest BCUT2D eigenvalue weighted by atomic mass is 9.90. The van der Waals surface area contributed by atoms with E-state index in [9.17, 15) is 4.79 Å². The highest BCUT2D eigenvalue weighted by Gasteiger charge is 2.26. The van der Waals surface area contributed by atoms with Crippen molar-refractivity contribution in [1.82, 2.24) is 14.9 Å². The number of hydrogen-bond acceptors (Lipinski definition) is 2.